The molecule has 0 saturated heterocycles. The molecule has 1 aliphatic rings. The molecule has 8 aromatic rings. The molecule has 0 fully saturated rings. The summed E-state index contributed by atoms with van der Waals surface area (Å²) in [5.74, 6) is 0. The number of sulfone groups is 1. The summed E-state index contributed by atoms with van der Waals surface area (Å²) in [4.78, 5) is 2.98. The Morgan fingerprint density at radius 2 is 1.02 bits per heavy atom. The van der Waals surface area contributed by atoms with E-state index in [2.05, 4.69) is 100 Å². The van der Waals surface area contributed by atoms with Gasteiger partial charge in [0, 0.05) is 44.5 Å². The zero-order valence-corrected chi connectivity index (χ0v) is 26.1. The predicted octanol–water partition coefficient (Wildman–Crippen LogP) is 10.7. The van der Waals surface area contributed by atoms with Gasteiger partial charge in [-0.1, -0.05) is 103 Å². The number of para-hydroxylation sites is 4. The minimum absolute atomic E-state index is 0.347. The van der Waals surface area contributed by atoms with E-state index in [1.165, 1.54) is 0 Å². The Kier molecular flexibility index (Phi) is 6.17. The van der Waals surface area contributed by atoms with Crippen molar-refractivity contribution in [3.63, 3.8) is 0 Å². The summed E-state index contributed by atoms with van der Waals surface area (Å²) < 4.78 is 30.0. The predicted molar refractivity (Wildman–Crippen MR) is 192 cm³/mol. The maximum Gasteiger partial charge on any atom is 0.207 e. The highest BCUT2D eigenvalue weighted by Crippen LogP contribution is 2.52. The Hall–Kier alpha value is -5.91. The van der Waals surface area contributed by atoms with Gasteiger partial charge in [0.15, 0.2) is 0 Å². The van der Waals surface area contributed by atoms with E-state index in [4.69, 9.17) is 0 Å². The minimum atomic E-state index is -3.66. The van der Waals surface area contributed by atoms with Crippen molar-refractivity contribution in [3.8, 4) is 27.9 Å². The van der Waals surface area contributed by atoms with E-state index in [1.54, 1.807) is 18.2 Å². The number of aromatic nitrogens is 1. The molecule has 0 N–H and O–H groups in total. The highest BCUT2D eigenvalue weighted by atomic mass is 32.2. The molecular weight excluding hydrogens is 597 g/mol. The van der Waals surface area contributed by atoms with Gasteiger partial charge >= 0.3 is 0 Å². The SMILES string of the molecule is O=S1(=O)c2ccccc2-c2c(-c3cc4c5ccccc5n(-c5ccccc5)c4cc3N(c3ccccc3)c3ccccc3)cccc21. The molecule has 7 aromatic carbocycles. The average molecular weight is 625 g/mol. The number of nitrogens with zero attached hydrogens (tertiary/aromatic N) is 2. The topological polar surface area (TPSA) is 42.3 Å². The van der Waals surface area contributed by atoms with Gasteiger partial charge in [-0.15, -0.1) is 0 Å². The molecule has 2 heterocycles. The molecule has 0 unspecified atom stereocenters. The standard InChI is InChI=1S/C42H28N2O2S/c45-47(46)40-25-13-11-22-34(40)42-33(23-14-26-41(42)47)36-27-35-32-21-10-12-24-37(32)44(31-19-8-3-9-20-31)39(35)28-38(36)43(29-15-4-1-5-16-29)30-17-6-2-7-18-30/h1-28H. The van der Waals surface area contributed by atoms with Crippen molar-refractivity contribution >= 4 is 48.7 Å². The van der Waals surface area contributed by atoms with Gasteiger partial charge < -0.3 is 9.47 Å². The second-order valence-electron chi connectivity index (χ2n) is 11.8. The van der Waals surface area contributed by atoms with Gasteiger partial charge in [0.25, 0.3) is 0 Å². The van der Waals surface area contributed by atoms with Crippen molar-refractivity contribution in [3.05, 3.63) is 170 Å². The highest BCUT2D eigenvalue weighted by Gasteiger charge is 2.35. The molecule has 9 rings (SSSR count). The number of rotatable bonds is 5. The van der Waals surface area contributed by atoms with E-state index >= 15 is 0 Å². The van der Waals surface area contributed by atoms with Crippen LogP contribution in [0.4, 0.5) is 17.1 Å². The molecule has 1 aromatic heterocycles. The highest BCUT2D eigenvalue weighted by molar-refractivity contribution is 7.92. The van der Waals surface area contributed by atoms with E-state index in [0.29, 0.717) is 9.79 Å². The van der Waals surface area contributed by atoms with Crippen LogP contribution in [-0.4, -0.2) is 13.0 Å². The van der Waals surface area contributed by atoms with Crippen LogP contribution in [-0.2, 0) is 9.84 Å². The van der Waals surface area contributed by atoms with Crippen molar-refractivity contribution in [2.75, 3.05) is 4.90 Å². The van der Waals surface area contributed by atoms with Crippen LogP contribution in [0.2, 0.25) is 0 Å². The lowest BCUT2D eigenvalue weighted by Crippen LogP contribution is -2.11. The fourth-order valence-corrected chi connectivity index (χ4v) is 8.83. The number of anilines is 3. The van der Waals surface area contributed by atoms with E-state index < -0.39 is 9.84 Å². The lowest BCUT2D eigenvalue weighted by molar-refractivity contribution is 0.598. The molecule has 0 aliphatic carbocycles. The van der Waals surface area contributed by atoms with Crippen LogP contribution in [0.3, 0.4) is 0 Å². The van der Waals surface area contributed by atoms with Crippen LogP contribution < -0.4 is 4.90 Å². The van der Waals surface area contributed by atoms with Crippen LogP contribution in [0.15, 0.2) is 180 Å². The Bertz CT molecular complexity index is 2540. The summed E-state index contributed by atoms with van der Waals surface area (Å²) in [7, 11) is -3.66. The Balaban J connectivity index is 1.46. The first-order valence-corrected chi connectivity index (χ1v) is 17.1. The third-order valence-corrected chi connectivity index (χ3v) is 11.0. The summed E-state index contributed by atoms with van der Waals surface area (Å²) in [6.45, 7) is 0. The molecule has 0 radical (unpaired) electrons. The molecule has 0 saturated carbocycles. The Morgan fingerprint density at radius 1 is 0.447 bits per heavy atom. The molecule has 224 valence electrons. The Labute approximate surface area is 273 Å². The van der Waals surface area contributed by atoms with Crippen LogP contribution in [0.25, 0.3) is 49.7 Å². The summed E-state index contributed by atoms with van der Waals surface area (Å²) in [5, 5.41) is 2.22. The summed E-state index contributed by atoms with van der Waals surface area (Å²) in [5.41, 5.74) is 9.51. The normalized spacial score (nSPS) is 13.0. The monoisotopic (exact) mass is 624 g/mol. The zero-order valence-electron chi connectivity index (χ0n) is 25.3. The average Bonchev–Trinajstić information content (AvgIpc) is 3.57. The maximum atomic E-state index is 13.9. The van der Waals surface area contributed by atoms with Crippen molar-refractivity contribution < 1.29 is 8.42 Å². The summed E-state index contributed by atoms with van der Waals surface area (Å²) in [6, 6.07) is 57.2. The van der Waals surface area contributed by atoms with E-state index in [-0.39, 0.29) is 0 Å². The van der Waals surface area contributed by atoms with Crippen molar-refractivity contribution in [1.82, 2.24) is 4.57 Å². The second kappa shape index (κ2) is 10.6. The van der Waals surface area contributed by atoms with Crippen LogP contribution in [0.1, 0.15) is 0 Å². The first-order chi connectivity index (χ1) is 23.1. The Morgan fingerprint density at radius 3 is 1.74 bits per heavy atom. The van der Waals surface area contributed by atoms with Gasteiger partial charge in [0.05, 0.1) is 26.5 Å². The van der Waals surface area contributed by atoms with Gasteiger partial charge in [-0.3, -0.25) is 0 Å². The summed E-state index contributed by atoms with van der Waals surface area (Å²) in [6.07, 6.45) is 0. The van der Waals surface area contributed by atoms with Crippen LogP contribution in [0.5, 0.6) is 0 Å². The molecule has 47 heavy (non-hydrogen) atoms. The smallest absolute Gasteiger partial charge is 0.207 e. The van der Waals surface area contributed by atoms with E-state index in [0.717, 1.165) is 66.8 Å². The lowest BCUT2D eigenvalue weighted by atomic mass is 9.92. The fourth-order valence-electron chi connectivity index (χ4n) is 7.12. The van der Waals surface area contributed by atoms with E-state index in [1.807, 2.05) is 60.7 Å². The molecule has 5 heteroatoms. The first-order valence-electron chi connectivity index (χ1n) is 15.6. The molecule has 0 amide bonds. The fraction of sp³-hybridized carbons (Fsp3) is 0. The van der Waals surface area contributed by atoms with Gasteiger partial charge in [-0.2, -0.15) is 0 Å². The van der Waals surface area contributed by atoms with Crippen molar-refractivity contribution in [2.24, 2.45) is 0 Å². The number of hydrogen-bond acceptors (Lipinski definition) is 3. The van der Waals surface area contributed by atoms with E-state index in [9.17, 15) is 8.42 Å². The molecule has 0 spiro atoms. The van der Waals surface area contributed by atoms with Crippen LogP contribution in [0, 0.1) is 0 Å². The number of fused-ring (bicyclic) bond motifs is 6. The second-order valence-corrected chi connectivity index (χ2v) is 13.6. The third kappa shape index (κ3) is 4.17. The quantitative estimate of drug-likeness (QED) is 0.191. The minimum Gasteiger partial charge on any atom is -0.310 e. The summed E-state index contributed by atoms with van der Waals surface area (Å²) >= 11 is 0. The molecule has 0 bridgehead atoms. The molecule has 4 nitrogen and oxygen atoms in total. The third-order valence-electron chi connectivity index (χ3n) is 9.13. The molecule has 0 atom stereocenters. The first kappa shape index (κ1) is 27.4. The van der Waals surface area contributed by atoms with Gasteiger partial charge in [0.1, 0.15) is 0 Å². The lowest BCUT2D eigenvalue weighted by Gasteiger charge is -2.29. The largest absolute Gasteiger partial charge is 0.310 e. The molecular formula is C42H28N2O2S. The molecule has 1 aliphatic heterocycles. The van der Waals surface area contributed by atoms with Crippen molar-refractivity contribution in [1.29, 1.82) is 0 Å². The van der Waals surface area contributed by atoms with Gasteiger partial charge in [-0.05, 0) is 72.3 Å². The van der Waals surface area contributed by atoms with Crippen molar-refractivity contribution in [2.45, 2.75) is 9.79 Å². The number of hydrogen-bond donors (Lipinski definition) is 0. The zero-order chi connectivity index (χ0) is 31.5. The maximum absolute atomic E-state index is 13.9. The van der Waals surface area contributed by atoms with Crippen LogP contribution >= 0.6 is 0 Å². The van der Waals surface area contributed by atoms with Gasteiger partial charge in [-0.25, -0.2) is 8.42 Å². The van der Waals surface area contributed by atoms with Gasteiger partial charge in [0.2, 0.25) is 9.84 Å². The number of benzene rings is 7.